The van der Waals surface area contributed by atoms with Crippen molar-refractivity contribution in [2.45, 2.75) is 18.9 Å². The third kappa shape index (κ3) is 1.78. The van der Waals surface area contributed by atoms with E-state index in [1.165, 1.54) is 12.8 Å². The number of para-hydroxylation sites is 2. The second kappa shape index (κ2) is 4.25. The van der Waals surface area contributed by atoms with Crippen LogP contribution in [-0.2, 0) is 0 Å². The molecule has 3 nitrogen and oxygen atoms in total. The van der Waals surface area contributed by atoms with Crippen molar-refractivity contribution in [3.8, 4) is 17.1 Å². The van der Waals surface area contributed by atoms with Crippen molar-refractivity contribution in [3.05, 3.63) is 47.5 Å². The van der Waals surface area contributed by atoms with Crippen LogP contribution in [0.4, 0.5) is 0 Å². The van der Waals surface area contributed by atoms with Gasteiger partial charge >= 0.3 is 0 Å². The number of rotatable bonds is 2. The van der Waals surface area contributed by atoms with E-state index in [-0.39, 0.29) is 5.75 Å². The van der Waals surface area contributed by atoms with Crippen LogP contribution in [0.1, 0.15) is 18.9 Å². The molecule has 0 saturated heterocycles. The molecule has 0 amide bonds. The predicted molar refractivity (Wildman–Crippen MR) is 80.1 cm³/mol. The zero-order valence-corrected chi connectivity index (χ0v) is 11.5. The highest BCUT2D eigenvalue weighted by Crippen LogP contribution is 2.42. The lowest BCUT2D eigenvalue weighted by Gasteiger charge is -2.09. The number of benzene rings is 2. The predicted octanol–water partition coefficient (Wildman–Crippen LogP) is 4.40. The second-order valence-electron chi connectivity index (χ2n) is 5.19. The van der Waals surface area contributed by atoms with E-state index < -0.39 is 0 Å². The normalized spacial score (nSPS) is 14.8. The number of phenolic OH excluding ortho intramolecular Hbond substituents is 1. The average Bonchev–Trinajstić information content (AvgIpc) is 3.21. The van der Waals surface area contributed by atoms with Gasteiger partial charge in [-0.3, -0.25) is 0 Å². The molecule has 1 saturated carbocycles. The minimum absolute atomic E-state index is 0.207. The Balaban J connectivity index is 2.03. The van der Waals surface area contributed by atoms with E-state index >= 15 is 0 Å². The molecule has 0 aliphatic heterocycles. The van der Waals surface area contributed by atoms with Crippen LogP contribution in [-0.4, -0.2) is 14.7 Å². The maximum absolute atomic E-state index is 9.72. The van der Waals surface area contributed by atoms with Gasteiger partial charge in [-0.05, 0) is 43.2 Å². The van der Waals surface area contributed by atoms with Crippen molar-refractivity contribution in [1.29, 1.82) is 0 Å². The van der Waals surface area contributed by atoms with Gasteiger partial charge in [0.2, 0.25) is 0 Å². The van der Waals surface area contributed by atoms with Gasteiger partial charge in [0.05, 0.1) is 16.1 Å². The van der Waals surface area contributed by atoms with E-state index in [1.807, 2.05) is 18.2 Å². The molecule has 0 bridgehead atoms. The van der Waals surface area contributed by atoms with Crippen molar-refractivity contribution >= 4 is 22.6 Å². The third-order valence-electron chi connectivity index (χ3n) is 3.70. The van der Waals surface area contributed by atoms with Gasteiger partial charge in [-0.15, -0.1) is 0 Å². The quantitative estimate of drug-likeness (QED) is 0.757. The van der Waals surface area contributed by atoms with Crippen LogP contribution in [0.15, 0.2) is 42.5 Å². The van der Waals surface area contributed by atoms with Gasteiger partial charge in [0.25, 0.3) is 0 Å². The second-order valence-corrected chi connectivity index (χ2v) is 5.60. The summed E-state index contributed by atoms with van der Waals surface area (Å²) in [6.45, 7) is 0. The fourth-order valence-corrected chi connectivity index (χ4v) is 2.82. The van der Waals surface area contributed by atoms with Gasteiger partial charge < -0.3 is 9.67 Å². The first-order valence-electron chi connectivity index (χ1n) is 6.70. The van der Waals surface area contributed by atoms with Crippen LogP contribution in [0, 0.1) is 0 Å². The molecule has 4 rings (SSSR count). The number of nitrogens with zero attached hydrogens (tertiary/aromatic N) is 2. The first-order valence-corrected chi connectivity index (χ1v) is 7.08. The first-order chi connectivity index (χ1) is 9.74. The smallest absolute Gasteiger partial charge is 0.143 e. The number of phenols is 1. The summed E-state index contributed by atoms with van der Waals surface area (Å²) in [5.74, 6) is 1.05. The SMILES string of the molecule is Oc1ccc(Cl)c(-c2nc3ccccc3n2C2CC2)c1. The fourth-order valence-electron chi connectivity index (χ4n) is 2.62. The number of hydrogen-bond acceptors (Lipinski definition) is 2. The van der Waals surface area contributed by atoms with E-state index in [4.69, 9.17) is 16.6 Å². The fraction of sp³-hybridized carbons (Fsp3) is 0.188. The lowest BCUT2D eigenvalue weighted by atomic mass is 10.2. The lowest BCUT2D eigenvalue weighted by molar-refractivity contribution is 0.475. The van der Waals surface area contributed by atoms with Crippen molar-refractivity contribution in [3.63, 3.8) is 0 Å². The van der Waals surface area contributed by atoms with E-state index in [9.17, 15) is 5.11 Å². The van der Waals surface area contributed by atoms with E-state index in [0.717, 1.165) is 22.4 Å². The molecule has 100 valence electrons. The Hall–Kier alpha value is -2.00. The summed E-state index contributed by atoms with van der Waals surface area (Å²) in [6, 6.07) is 13.6. The van der Waals surface area contributed by atoms with E-state index in [0.29, 0.717) is 11.1 Å². The molecular weight excluding hydrogens is 272 g/mol. The summed E-state index contributed by atoms with van der Waals surface area (Å²) >= 11 is 6.29. The summed E-state index contributed by atoms with van der Waals surface area (Å²) in [4.78, 5) is 4.71. The van der Waals surface area contributed by atoms with Crippen LogP contribution in [0.25, 0.3) is 22.4 Å². The molecule has 1 fully saturated rings. The molecule has 1 heterocycles. The average molecular weight is 285 g/mol. The molecule has 1 aromatic heterocycles. The van der Waals surface area contributed by atoms with Crippen molar-refractivity contribution in [2.24, 2.45) is 0 Å². The lowest BCUT2D eigenvalue weighted by Crippen LogP contribution is -1.97. The van der Waals surface area contributed by atoms with Crippen molar-refractivity contribution in [2.75, 3.05) is 0 Å². The molecule has 2 aromatic carbocycles. The number of hydrogen-bond donors (Lipinski definition) is 1. The zero-order chi connectivity index (χ0) is 13.7. The Morgan fingerprint density at radius 2 is 1.95 bits per heavy atom. The molecule has 0 spiro atoms. The summed E-state index contributed by atoms with van der Waals surface area (Å²) in [6.07, 6.45) is 2.34. The first kappa shape index (κ1) is 11.8. The highest BCUT2D eigenvalue weighted by molar-refractivity contribution is 6.33. The third-order valence-corrected chi connectivity index (χ3v) is 4.03. The maximum atomic E-state index is 9.72. The maximum Gasteiger partial charge on any atom is 0.143 e. The number of aromatic hydroxyl groups is 1. The Morgan fingerprint density at radius 3 is 2.75 bits per heavy atom. The van der Waals surface area contributed by atoms with Gasteiger partial charge in [-0.1, -0.05) is 23.7 Å². The van der Waals surface area contributed by atoms with Crippen molar-refractivity contribution in [1.82, 2.24) is 9.55 Å². The number of imidazole rings is 1. The molecule has 1 aliphatic rings. The van der Waals surface area contributed by atoms with Gasteiger partial charge in [0, 0.05) is 11.6 Å². The Labute approximate surface area is 121 Å². The number of halogens is 1. The molecule has 0 unspecified atom stereocenters. The summed E-state index contributed by atoms with van der Waals surface area (Å²) in [5.41, 5.74) is 2.88. The molecule has 1 N–H and O–H groups in total. The number of aromatic nitrogens is 2. The van der Waals surface area contributed by atoms with E-state index in [1.54, 1.807) is 18.2 Å². The topological polar surface area (TPSA) is 38.1 Å². The van der Waals surface area contributed by atoms with Crippen molar-refractivity contribution < 1.29 is 5.11 Å². The standard InChI is InChI=1S/C16H13ClN2O/c17-13-8-7-11(20)9-12(13)16-18-14-3-1-2-4-15(14)19(16)10-5-6-10/h1-4,7-10,20H,5-6H2. The Kier molecular flexibility index (Phi) is 2.51. The molecule has 0 radical (unpaired) electrons. The largest absolute Gasteiger partial charge is 0.508 e. The van der Waals surface area contributed by atoms with Crippen LogP contribution in [0.3, 0.4) is 0 Å². The molecule has 4 heteroatoms. The molecule has 0 atom stereocenters. The van der Waals surface area contributed by atoms with Gasteiger partial charge in [-0.25, -0.2) is 4.98 Å². The summed E-state index contributed by atoms with van der Waals surface area (Å²) in [5, 5.41) is 10.3. The van der Waals surface area contributed by atoms with Gasteiger partial charge in [-0.2, -0.15) is 0 Å². The Morgan fingerprint density at radius 1 is 1.15 bits per heavy atom. The van der Waals surface area contributed by atoms with Gasteiger partial charge in [0.1, 0.15) is 11.6 Å². The zero-order valence-electron chi connectivity index (χ0n) is 10.8. The van der Waals surface area contributed by atoms with Crippen LogP contribution >= 0.6 is 11.6 Å². The van der Waals surface area contributed by atoms with Gasteiger partial charge in [0.15, 0.2) is 0 Å². The van der Waals surface area contributed by atoms with E-state index in [2.05, 4.69) is 10.6 Å². The summed E-state index contributed by atoms with van der Waals surface area (Å²) < 4.78 is 2.25. The number of fused-ring (bicyclic) bond motifs is 1. The monoisotopic (exact) mass is 284 g/mol. The minimum Gasteiger partial charge on any atom is -0.508 e. The summed E-state index contributed by atoms with van der Waals surface area (Å²) in [7, 11) is 0. The van der Waals surface area contributed by atoms with Crippen LogP contribution < -0.4 is 0 Å². The highest BCUT2D eigenvalue weighted by Gasteiger charge is 2.29. The Bertz CT molecular complexity index is 805. The molecule has 1 aliphatic carbocycles. The molecular formula is C16H13ClN2O. The van der Waals surface area contributed by atoms with Crippen LogP contribution in [0.2, 0.25) is 5.02 Å². The van der Waals surface area contributed by atoms with Crippen LogP contribution in [0.5, 0.6) is 5.75 Å². The molecule has 3 aromatic rings. The highest BCUT2D eigenvalue weighted by atomic mass is 35.5. The minimum atomic E-state index is 0.207. The molecule has 20 heavy (non-hydrogen) atoms.